The first-order chi connectivity index (χ1) is 8.79. The second-order valence-corrected chi connectivity index (χ2v) is 5.81. The number of likely N-dealkylation sites (N-methyl/N-ethyl adjacent to an activating group) is 1. The van der Waals surface area contributed by atoms with Crippen LogP contribution in [0.15, 0.2) is 53.0 Å². The summed E-state index contributed by atoms with van der Waals surface area (Å²) in [6, 6.07) is 11.1. The fourth-order valence-corrected chi connectivity index (χ4v) is 3.85. The van der Waals surface area contributed by atoms with Crippen molar-refractivity contribution < 1.29 is 0 Å². The van der Waals surface area contributed by atoms with E-state index in [9.17, 15) is 0 Å². The molecular formula is C15H14N2S. The molecule has 0 unspecified atom stereocenters. The van der Waals surface area contributed by atoms with Crippen LogP contribution in [0.2, 0.25) is 0 Å². The number of hydrogen-bond acceptors (Lipinski definition) is 3. The Morgan fingerprint density at radius 2 is 2.22 bits per heavy atom. The third-order valence-electron chi connectivity index (χ3n) is 3.46. The molecule has 0 saturated carbocycles. The predicted molar refractivity (Wildman–Crippen MR) is 75.7 cm³/mol. The number of hydrogen-bond donors (Lipinski definition) is 0. The van der Waals surface area contributed by atoms with Crippen molar-refractivity contribution in [3.05, 3.63) is 48.1 Å². The van der Waals surface area contributed by atoms with Crippen LogP contribution in [0, 0.1) is 11.3 Å². The molecule has 90 valence electrons. The van der Waals surface area contributed by atoms with E-state index >= 15 is 0 Å². The zero-order valence-corrected chi connectivity index (χ0v) is 11.0. The second kappa shape index (κ2) is 4.55. The number of rotatable bonds is 1. The van der Waals surface area contributed by atoms with E-state index in [-0.39, 0.29) is 0 Å². The van der Waals surface area contributed by atoms with Crippen LogP contribution in [-0.4, -0.2) is 18.3 Å². The number of fused-ring (bicyclic) bond motifs is 2. The standard InChI is InChI=1S/C15H14N2S/c1-17-12-4-2-3-5-14(12)18-15-7-6-11(8-9-16)10-13(15)17/h2-7,10,13,15H,8H2,1H3/t13-,15-/m1/s1. The molecule has 0 saturated heterocycles. The molecule has 2 aliphatic rings. The molecule has 0 N–H and O–H groups in total. The molecule has 1 aromatic carbocycles. The Labute approximate surface area is 112 Å². The molecule has 0 radical (unpaired) electrons. The van der Waals surface area contributed by atoms with Gasteiger partial charge < -0.3 is 4.90 Å². The summed E-state index contributed by atoms with van der Waals surface area (Å²) in [5.41, 5.74) is 2.41. The van der Waals surface area contributed by atoms with Crippen LogP contribution < -0.4 is 4.90 Å². The van der Waals surface area contributed by atoms with Crippen LogP contribution in [0.4, 0.5) is 5.69 Å². The number of para-hydroxylation sites is 1. The summed E-state index contributed by atoms with van der Waals surface area (Å²) in [6.45, 7) is 0. The van der Waals surface area contributed by atoms with Gasteiger partial charge in [-0.15, -0.1) is 11.8 Å². The second-order valence-electron chi connectivity index (χ2n) is 4.59. The van der Waals surface area contributed by atoms with Gasteiger partial charge in [-0.3, -0.25) is 0 Å². The molecule has 3 rings (SSSR count). The van der Waals surface area contributed by atoms with E-state index in [1.165, 1.54) is 10.6 Å². The van der Waals surface area contributed by atoms with Gasteiger partial charge in [0.1, 0.15) is 0 Å². The summed E-state index contributed by atoms with van der Waals surface area (Å²) in [7, 11) is 2.13. The Hall–Kier alpha value is -1.66. The molecular weight excluding hydrogens is 240 g/mol. The van der Waals surface area contributed by atoms with Crippen LogP contribution in [0.25, 0.3) is 0 Å². The first kappa shape index (κ1) is 11.4. The molecule has 18 heavy (non-hydrogen) atoms. The zero-order valence-electron chi connectivity index (χ0n) is 10.2. The van der Waals surface area contributed by atoms with Crippen molar-refractivity contribution in [3.8, 4) is 6.07 Å². The Kier molecular flexibility index (Phi) is 2.89. The number of anilines is 1. The van der Waals surface area contributed by atoms with Crippen LogP contribution in [0.3, 0.4) is 0 Å². The SMILES string of the molecule is CN1c2ccccc2S[C@@H]2C=CC(CC#N)=C[C@H]21. The van der Waals surface area contributed by atoms with Gasteiger partial charge >= 0.3 is 0 Å². The third-order valence-corrected chi connectivity index (χ3v) is 4.77. The average Bonchev–Trinajstić information content (AvgIpc) is 2.40. The predicted octanol–water partition coefficient (Wildman–Crippen LogP) is 3.38. The monoisotopic (exact) mass is 254 g/mol. The first-order valence-electron chi connectivity index (χ1n) is 6.04. The minimum atomic E-state index is 0.359. The molecule has 3 heteroatoms. The van der Waals surface area contributed by atoms with Gasteiger partial charge in [0, 0.05) is 11.9 Å². The van der Waals surface area contributed by atoms with Crippen LogP contribution >= 0.6 is 11.8 Å². The summed E-state index contributed by atoms with van der Waals surface area (Å²) >= 11 is 1.91. The number of allylic oxidation sites excluding steroid dienone is 2. The highest BCUT2D eigenvalue weighted by Gasteiger charge is 2.31. The number of benzene rings is 1. The lowest BCUT2D eigenvalue weighted by molar-refractivity contribution is 0.739. The molecule has 1 heterocycles. The Morgan fingerprint density at radius 1 is 1.39 bits per heavy atom. The Bertz CT molecular complexity index is 568. The highest BCUT2D eigenvalue weighted by atomic mass is 32.2. The maximum atomic E-state index is 8.79. The molecule has 1 aliphatic carbocycles. The zero-order chi connectivity index (χ0) is 12.5. The minimum Gasteiger partial charge on any atom is -0.366 e. The summed E-state index contributed by atoms with van der Waals surface area (Å²) in [5.74, 6) is 0. The van der Waals surface area contributed by atoms with E-state index in [1.807, 2.05) is 11.8 Å². The highest BCUT2D eigenvalue weighted by molar-refractivity contribution is 8.00. The van der Waals surface area contributed by atoms with Gasteiger partial charge in [-0.05, 0) is 17.7 Å². The summed E-state index contributed by atoms with van der Waals surface area (Å²) in [5, 5.41) is 9.25. The molecule has 0 amide bonds. The van der Waals surface area contributed by atoms with E-state index in [1.54, 1.807) is 0 Å². The van der Waals surface area contributed by atoms with Gasteiger partial charge in [0.25, 0.3) is 0 Å². The van der Waals surface area contributed by atoms with Crippen molar-refractivity contribution in [1.29, 1.82) is 5.26 Å². The fraction of sp³-hybridized carbons (Fsp3) is 0.267. The van der Waals surface area contributed by atoms with E-state index in [2.05, 4.69) is 60.5 Å². The van der Waals surface area contributed by atoms with Crippen molar-refractivity contribution in [2.24, 2.45) is 0 Å². The average molecular weight is 254 g/mol. The van der Waals surface area contributed by atoms with Gasteiger partial charge in [0.15, 0.2) is 0 Å². The maximum Gasteiger partial charge on any atom is 0.0669 e. The molecule has 0 spiro atoms. The lowest BCUT2D eigenvalue weighted by Gasteiger charge is -2.40. The Balaban J connectivity index is 1.97. The van der Waals surface area contributed by atoms with Crippen molar-refractivity contribution >= 4 is 17.4 Å². The van der Waals surface area contributed by atoms with Crippen molar-refractivity contribution in [2.45, 2.75) is 22.6 Å². The van der Waals surface area contributed by atoms with Gasteiger partial charge in [-0.25, -0.2) is 0 Å². The lowest BCUT2D eigenvalue weighted by Crippen LogP contribution is -2.41. The number of nitriles is 1. The first-order valence-corrected chi connectivity index (χ1v) is 6.92. The highest BCUT2D eigenvalue weighted by Crippen LogP contribution is 2.43. The minimum absolute atomic E-state index is 0.359. The van der Waals surface area contributed by atoms with Gasteiger partial charge in [0.2, 0.25) is 0 Å². The van der Waals surface area contributed by atoms with E-state index < -0.39 is 0 Å². The van der Waals surface area contributed by atoms with E-state index in [0.717, 1.165) is 5.57 Å². The van der Waals surface area contributed by atoms with E-state index in [4.69, 9.17) is 5.26 Å². The molecule has 0 bridgehead atoms. The largest absolute Gasteiger partial charge is 0.366 e. The molecule has 0 fully saturated rings. The van der Waals surface area contributed by atoms with Crippen LogP contribution in [0.1, 0.15) is 6.42 Å². The molecule has 1 aromatic rings. The van der Waals surface area contributed by atoms with Gasteiger partial charge in [-0.2, -0.15) is 5.26 Å². The Morgan fingerprint density at radius 3 is 3.06 bits per heavy atom. The van der Waals surface area contributed by atoms with Crippen LogP contribution in [-0.2, 0) is 0 Å². The van der Waals surface area contributed by atoms with Crippen LogP contribution in [0.5, 0.6) is 0 Å². The molecule has 1 aliphatic heterocycles. The van der Waals surface area contributed by atoms with Crippen molar-refractivity contribution in [1.82, 2.24) is 0 Å². The topological polar surface area (TPSA) is 27.0 Å². The smallest absolute Gasteiger partial charge is 0.0669 e. The molecule has 0 aromatic heterocycles. The number of thioether (sulfide) groups is 1. The molecule has 2 atom stereocenters. The van der Waals surface area contributed by atoms with Crippen molar-refractivity contribution in [2.75, 3.05) is 11.9 Å². The summed E-state index contributed by atoms with van der Waals surface area (Å²) in [6.07, 6.45) is 7.06. The third kappa shape index (κ3) is 1.83. The van der Waals surface area contributed by atoms with Crippen molar-refractivity contribution in [3.63, 3.8) is 0 Å². The molecule has 2 nitrogen and oxygen atoms in total. The maximum absolute atomic E-state index is 8.79. The quantitative estimate of drug-likeness (QED) is 0.768. The normalized spacial score (nSPS) is 24.9. The van der Waals surface area contributed by atoms with Gasteiger partial charge in [-0.1, -0.05) is 30.4 Å². The number of nitrogens with zero attached hydrogens (tertiary/aromatic N) is 2. The van der Waals surface area contributed by atoms with E-state index in [0.29, 0.717) is 17.7 Å². The summed E-state index contributed by atoms with van der Waals surface area (Å²) in [4.78, 5) is 3.65. The fourth-order valence-electron chi connectivity index (χ4n) is 2.51. The van der Waals surface area contributed by atoms with Gasteiger partial charge in [0.05, 0.1) is 29.5 Å². The summed E-state index contributed by atoms with van der Waals surface area (Å²) < 4.78 is 0. The lowest BCUT2D eigenvalue weighted by atomic mass is 9.98.